The molecule has 0 saturated heterocycles. The van der Waals surface area contributed by atoms with Gasteiger partial charge in [0.15, 0.2) is 0 Å². The first-order valence-corrected chi connectivity index (χ1v) is 18.0. The highest BCUT2D eigenvalue weighted by atomic mass is 31.2. The fourth-order valence-corrected chi connectivity index (χ4v) is 14.7. The standard InChI is InChI=1S/C38H29NO4P2/c1-26-18-20-27(21-19-26)38(28-22-24-29(39)25-23-28,44(40)36-16-8-4-12-32(36)30-10-2-6-14-34(30)42-44)45(41)37-17-9-5-13-33(37)31-11-3-7-15-35(31)43-45/h2-25H,39H2,1H3. The van der Waals surface area contributed by atoms with Gasteiger partial charge in [-0.15, -0.1) is 0 Å². The highest BCUT2D eigenvalue weighted by Crippen LogP contribution is 2.84. The van der Waals surface area contributed by atoms with Gasteiger partial charge in [0, 0.05) is 16.8 Å². The Balaban J connectivity index is 1.58. The van der Waals surface area contributed by atoms with Gasteiger partial charge >= 0.3 is 14.7 Å². The second-order valence-corrected chi connectivity index (χ2v) is 16.7. The number of hydrogen-bond acceptors (Lipinski definition) is 5. The van der Waals surface area contributed by atoms with Crippen molar-refractivity contribution in [3.8, 4) is 33.8 Å². The molecule has 2 heterocycles. The second-order valence-electron chi connectivity index (χ2n) is 11.5. The first-order valence-electron chi connectivity index (χ1n) is 14.8. The van der Waals surface area contributed by atoms with E-state index in [2.05, 4.69) is 0 Å². The third-order valence-corrected chi connectivity index (χ3v) is 16.1. The maximum atomic E-state index is 16.7. The molecule has 220 valence electrons. The summed E-state index contributed by atoms with van der Waals surface area (Å²) < 4.78 is 47.2. The van der Waals surface area contributed by atoms with Crippen LogP contribution < -0.4 is 25.4 Å². The number of nitrogens with two attached hydrogens (primary N) is 1. The zero-order valence-electron chi connectivity index (χ0n) is 24.5. The maximum absolute atomic E-state index is 16.7. The summed E-state index contributed by atoms with van der Waals surface area (Å²) in [4.78, 5) is -1.82. The summed E-state index contributed by atoms with van der Waals surface area (Å²) in [5, 5.41) is 0.965. The Bertz CT molecular complexity index is 2050. The van der Waals surface area contributed by atoms with Crippen molar-refractivity contribution in [1.29, 1.82) is 0 Å². The predicted molar refractivity (Wildman–Crippen MR) is 182 cm³/mol. The van der Waals surface area contributed by atoms with E-state index in [0.29, 0.717) is 38.9 Å². The van der Waals surface area contributed by atoms with E-state index < -0.39 is 19.6 Å². The SMILES string of the molecule is Cc1ccc(C(c2ccc(N)cc2)(P2(=O)Oc3ccccc3-c3ccccc32)P2(=O)Oc3ccccc3-c3ccccc32)cc1. The number of rotatable bonds is 4. The van der Waals surface area contributed by atoms with Gasteiger partial charge in [-0.1, -0.05) is 115 Å². The Morgan fingerprint density at radius 3 is 1.33 bits per heavy atom. The number of para-hydroxylation sites is 2. The third kappa shape index (κ3) is 3.81. The van der Waals surface area contributed by atoms with Gasteiger partial charge in [0.2, 0.25) is 4.90 Å². The molecule has 0 bridgehead atoms. The van der Waals surface area contributed by atoms with Gasteiger partial charge in [0.25, 0.3) is 0 Å². The lowest BCUT2D eigenvalue weighted by atomic mass is 10.0. The first kappa shape index (κ1) is 27.7. The first-order chi connectivity index (χ1) is 21.9. The predicted octanol–water partition coefficient (Wildman–Crippen LogP) is 9.10. The van der Waals surface area contributed by atoms with Crippen molar-refractivity contribution in [3.05, 3.63) is 162 Å². The summed E-state index contributed by atoms with van der Waals surface area (Å²) in [5.41, 5.74) is 12.0. The van der Waals surface area contributed by atoms with Gasteiger partial charge in [-0.05, 0) is 65.6 Å². The summed E-state index contributed by atoms with van der Waals surface area (Å²) in [6.45, 7) is 1.99. The van der Waals surface area contributed by atoms with Gasteiger partial charge in [-0.3, -0.25) is 9.13 Å². The Morgan fingerprint density at radius 2 is 0.867 bits per heavy atom. The normalized spacial score (nSPS) is 20.6. The summed E-state index contributed by atoms with van der Waals surface area (Å²) in [7, 11) is -8.56. The smallest absolute Gasteiger partial charge is 0.303 e. The molecule has 8 rings (SSSR count). The third-order valence-electron chi connectivity index (χ3n) is 8.87. The van der Waals surface area contributed by atoms with E-state index in [-0.39, 0.29) is 0 Å². The Kier molecular flexibility index (Phi) is 6.22. The molecule has 2 aliphatic rings. The number of anilines is 1. The van der Waals surface area contributed by atoms with Crippen LogP contribution in [0.3, 0.4) is 0 Å². The Hall–Kier alpha value is -4.82. The number of aryl methyl sites for hydroxylation is 1. The molecule has 2 N–H and O–H groups in total. The molecule has 2 aliphatic heterocycles. The van der Waals surface area contributed by atoms with Gasteiger partial charge in [0.05, 0.1) is 10.6 Å². The molecule has 2 atom stereocenters. The minimum atomic E-state index is -4.28. The summed E-state index contributed by atoms with van der Waals surface area (Å²) >= 11 is 0. The van der Waals surface area contributed by atoms with E-state index in [1.165, 1.54) is 0 Å². The summed E-state index contributed by atoms with van der Waals surface area (Å²) in [5.74, 6) is 0.924. The van der Waals surface area contributed by atoms with E-state index in [1.54, 1.807) is 12.1 Å². The minimum absolute atomic E-state index is 0.462. The number of nitrogen functional groups attached to an aromatic ring is 1. The average Bonchev–Trinajstić information content (AvgIpc) is 3.07. The van der Waals surface area contributed by atoms with Crippen LogP contribution >= 0.6 is 14.7 Å². The molecule has 45 heavy (non-hydrogen) atoms. The summed E-state index contributed by atoms with van der Waals surface area (Å²) in [6.07, 6.45) is 0. The highest BCUT2D eigenvalue weighted by molar-refractivity contribution is 7.86. The van der Waals surface area contributed by atoms with Crippen molar-refractivity contribution in [2.45, 2.75) is 11.8 Å². The lowest BCUT2D eigenvalue weighted by Gasteiger charge is -2.48. The molecule has 0 spiro atoms. The van der Waals surface area contributed by atoms with Crippen LogP contribution in [0.15, 0.2) is 146 Å². The molecular weight excluding hydrogens is 596 g/mol. The lowest BCUT2D eigenvalue weighted by molar-refractivity contribution is 0.449. The second kappa shape index (κ2) is 10.1. The van der Waals surface area contributed by atoms with Gasteiger partial charge < -0.3 is 14.8 Å². The molecule has 0 saturated carbocycles. The minimum Gasteiger partial charge on any atom is -0.438 e. The Labute approximate surface area is 262 Å². The zero-order valence-corrected chi connectivity index (χ0v) is 26.3. The fourth-order valence-electron chi connectivity index (χ4n) is 6.83. The topological polar surface area (TPSA) is 78.6 Å². The molecule has 5 nitrogen and oxygen atoms in total. The molecule has 6 aromatic rings. The van der Waals surface area contributed by atoms with Crippen molar-refractivity contribution in [2.75, 3.05) is 5.73 Å². The Morgan fingerprint density at radius 1 is 0.489 bits per heavy atom. The van der Waals surface area contributed by atoms with Crippen LogP contribution in [0.5, 0.6) is 11.5 Å². The molecule has 0 aliphatic carbocycles. The van der Waals surface area contributed by atoms with Gasteiger partial charge in [0.1, 0.15) is 11.5 Å². The highest BCUT2D eigenvalue weighted by Gasteiger charge is 2.70. The summed E-state index contributed by atoms with van der Waals surface area (Å²) in [6, 6.07) is 45.1. The van der Waals surface area contributed by atoms with Crippen molar-refractivity contribution in [3.63, 3.8) is 0 Å². The van der Waals surface area contributed by atoms with E-state index in [1.807, 2.05) is 140 Å². The average molecular weight is 626 g/mol. The quantitative estimate of drug-likeness (QED) is 0.156. The monoisotopic (exact) mass is 625 g/mol. The largest absolute Gasteiger partial charge is 0.438 e. The van der Waals surface area contributed by atoms with Crippen LogP contribution in [0.4, 0.5) is 5.69 Å². The van der Waals surface area contributed by atoms with Crippen LogP contribution in [0, 0.1) is 6.92 Å². The van der Waals surface area contributed by atoms with E-state index in [9.17, 15) is 0 Å². The van der Waals surface area contributed by atoms with E-state index in [4.69, 9.17) is 14.8 Å². The van der Waals surface area contributed by atoms with Crippen molar-refractivity contribution in [1.82, 2.24) is 0 Å². The van der Waals surface area contributed by atoms with Crippen LogP contribution in [-0.4, -0.2) is 0 Å². The van der Waals surface area contributed by atoms with Crippen molar-refractivity contribution in [2.24, 2.45) is 0 Å². The van der Waals surface area contributed by atoms with Crippen LogP contribution in [0.2, 0.25) is 0 Å². The number of hydrogen-bond donors (Lipinski definition) is 1. The molecule has 2 unspecified atom stereocenters. The van der Waals surface area contributed by atoms with Crippen molar-refractivity contribution >= 4 is 31.0 Å². The van der Waals surface area contributed by atoms with Crippen LogP contribution in [0.1, 0.15) is 16.7 Å². The van der Waals surface area contributed by atoms with Crippen LogP contribution in [0.25, 0.3) is 22.3 Å². The zero-order chi connectivity index (χ0) is 30.8. The molecule has 0 fully saturated rings. The molecule has 0 aromatic heterocycles. The number of benzene rings is 6. The fraction of sp³-hybridized carbons (Fsp3) is 0.0526. The molecule has 7 heteroatoms. The van der Waals surface area contributed by atoms with Crippen LogP contribution in [-0.2, 0) is 14.0 Å². The number of fused-ring (bicyclic) bond motifs is 6. The molecule has 6 aromatic carbocycles. The molecular formula is C38H29NO4P2. The molecule has 0 radical (unpaired) electrons. The maximum Gasteiger partial charge on any atom is 0.303 e. The lowest BCUT2D eigenvalue weighted by Crippen LogP contribution is -2.42. The van der Waals surface area contributed by atoms with E-state index in [0.717, 1.165) is 27.8 Å². The van der Waals surface area contributed by atoms with Crippen molar-refractivity contribution < 1.29 is 18.2 Å². The van der Waals surface area contributed by atoms with E-state index >= 15 is 9.13 Å². The van der Waals surface area contributed by atoms with Gasteiger partial charge in [-0.2, -0.15) is 0 Å². The molecule has 0 amide bonds. The van der Waals surface area contributed by atoms with Gasteiger partial charge in [-0.25, -0.2) is 0 Å².